The Hall–Kier alpha value is -2.96. The highest BCUT2D eigenvalue weighted by atomic mass is 16.6. The largest absolute Gasteiger partial charge is 0.363 e. The van der Waals surface area contributed by atoms with E-state index in [0.717, 1.165) is 5.82 Å². The topological polar surface area (TPSA) is 88.4 Å². The van der Waals surface area contributed by atoms with Crippen molar-refractivity contribution in [3.63, 3.8) is 0 Å². The average Bonchev–Trinajstić information content (AvgIpc) is 2.48. The van der Waals surface area contributed by atoms with E-state index in [-0.39, 0.29) is 11.3 Å². The van der Waals surface area contributed by atoms with Crippen molar-refractivity contribution < 1.29 is 9.72 Å². The zero-order valence-corrected chi connectivity index (χ0v) is 11.6. The van der Waals surface area contributed by atoms with Crippen LogP contribution in [-0.2, 0) is 0 Å². The molecule has 0 bridgehead atoms. The summed E-state index contributed by atoms with van der Waals surface area (Å²) >= 11 is 0. The number of anilines is 2. The van der Waals surface area contributed by atoms with Crippen molar-refractivity contribution >= 4 is 23.1 Å². The number of benzene rings is 1. The van der Waals surface area contributed by atoms with Gasteiger partial charge in [0.2, 0.25) is 0 Å². The molecule has 0 radical (unpaired) electrons. The van der Waals surface area contributed by atoms with E-state index in [9.17, 15) is 14.9 Å². The number of amides is 1. The lowest BCUT2D eigenvalue weighted by Gasteiger charge is -2.11. The third-order valence-electron chi connectivity index (χ3n) is 2.78. The molecule has 108 valence electrons. The van der Waals surface area contributed by atoms with E-state index in [1.807, 2.05) is 19.0 Å². The molecule has 1 aromatic carbocycles. The maximum Gasteiger partial charge on any atom is 0.270 e. The number of nitrogens with one attached hydrogen (secondary N) is 1. The van der Waals surface area contributed by atoms with Crippen molar-refractivity contribution in [1.82, 2.24) is 4.98 Å². The van der Waals surface area contributed by atoms with Gasteiger partial charge in [0.25, 0.3) is 11.6 Å². The average molecular weight is 286 g/mol. The molecule has 0 aliphatic heterocycles. The minimum absolute atomic E-state index is 0.122. The summed E-state index contributed by atoms with van der Waals surface area (Å²) in [6, 6.07) is 9.05. The third-order valence-corrected chi connectivity index (χ3v) is 2.78. The van der Waals surface area contributed by atoms with Crippen LogP contribution in [0.1, 0.15) is 10.4 Å². The molecule has 0 saturated carbocycles. The Balaban J connectivity index is 2.14. The molecule has 0 atom stereocenters. The van der Waals surface area contributed by atoms with Gasteiger partial charge in [0.15, 0.2) is 0 Å². The van der Waals surface area contributed by atoms with Crippen molar-refractivity contribution in [2.75, 3.05) is 24.3 Å². The highest BCUT2D eigenvalue weighted by molar-refractivity contribution is 6.04. The number of carbonyl (C=O) groups excluding carboxylic acids is 1. The highest BCUT2D eigenvalue weighted by Crippen LogP contribution is 2.16. The first-order chi connectivity index (χ1) is 9.97. The Morgan fingerprint density at radius 2 is 2.05 bits per heavy atom. The van der Waals surface area contributed by atoms with E-state index in [2.05, 4.69) is 10.3 Å². The van der Waals surface area contributed by atoms with Crippen LogP contribution in [0.4, 0.5) is 17.2 Å². The molecular formula is C14H14N4O3. The van der Waals surface area contributed by atoms with E-state index in [1.54, 1.807) is 12.1 Å². The smallest absolute Gasteiger partial charge is 0.270 e. The number of nitrogens with zero attached hydrogens (tertiary/aromatic N) is 3. The molecule has 0 fully saturated rings. The zero-order chi connectivity index (χ0) is 15.4. The lowest BCUT2D eigenvalue weighted by molar-refractivity contribution is -0.384. The molecule has 0 aliphatic rings. The molecule has 0 spiro atoms. The fourth-order valence-corrected chi connectivity index (χ4v) is 1.69. The highest BCUT2D eigenvalue weighted by Gasteiger charge is 2.11. The van der Waals surface area contributed by atoms with Gasteiger partial charge in [-0.2, -0.15) is 0 Å². The van der Waals surface area contributed by atoms with Crippen LogP contribution in [0.2, 0.25) is 0 Å². The van der Waals surface area contributed by atoms with Crippen LogP contribution < -0.4 is 10.2 Å². The number of carbonyl (C=O) groups is 1. The Labute approximate surface area is 121 Å². The van der Waals surface area contributed by atoms with Gasteiger partial charge in [-0.05, 0) is 18.2 Å². The van der Waals surface area contributed by atoms with Crippen LogP contribution in [-0.4, -0.2) is 29.9 Å². The molecular weight excluding hydrogens is 272 g/mol. The molecule has 1 N–H and O–H groups in total. The van der Waals surface area contributed by atoms with Gasteiger partial charge in [-0.3, -0.25) is 14.9 Å². The van der Waals surface area contributed by atoms with Gasteiger partial charge in [0.1, 0.15) is 5.82 Å². The van der Waals surface area contributed by atoms with E-state index in [1.165, 1.54) is 30.5 Å². The Bertz CT molecular complexity index is 668. The summed E-state index contributed by atoms with van der Waals surface area (Å²) in [5.41, 5.74) is 0.627. The Morgan fingerprint density at radius 1 is 1.29 bits per heavy atom. The summed E-state index contributed by atoms with van der Waals surface area (Å²) < 4.78 is 0. The molecule has 7 nitrogen and oxygen atoms in total. The molecule has 0 saturated heterocycles. The van der Waals surface area contributed by atoms with E-state index < -0.39 is 10.8 Å². The van der Waals surface area contributed by atoms with Gasteiger partial charge in [-0.15, -0.1) is 0 Å². The second-order valence-electron chi connectivity index (χ2n) is 4.56. The van der Waals surface area contributed by atoms with Crippen molar-refractivity contribution in [1.29, 1.82) is 0 Å². The standard InChI is InChI=1S/C14H14N4O3/c1-17(2)13-7-6-11(9-15-13)16-14(19)10-4-3-5-12(8-10)18(20)21/h3-9H,1-2H3,(H,16,19). The van der Waals surface area contributed by atoms with Crippen molar-refractivity contribution in [3.8, 4) is 0 Å². The molecule has 0 unspecified atom stereocenters. The number of aromatic nitrogens is 1. The quantitative estimate of drug-likeness (QED) is 0.688. The fraction of sp³-hybridized carbons (Fsp3) is 0.143. The third kappa shape index (κ3) is 3.53. The summed E-state index contributed by atoms with van der Waals surface area (Å²) in [5.74, 6) is 0.349. The summed E-state index contributed by atoms with van der Waals surface area (Å²) in [6.45, 7) is 0. The molecule has 1 amide bonds. The number of nitro benzene ring substituents is 1. The van der Waals surface area contributed by atoms with Crippen LogP contribution >= 0.6 is 0 Å². The summed E-state index contributed by atoms with van der Waals surface area (Å²) in [5, 5.41) is 13.3. The first-order valence-electron chi connectivity index (χ1n) is 6.16. The molecule has 21 heavy (non-hydrogen) atoms. The lowest BCUT2D eigenvalue weighted by atomic mass is 10.2. The first-order valence-corrected chi connectivity index (χ1v) is 6.16. The maximum absolute atomic E-state index is 12.0. The van der Waals surface area contributed by atoms with Gasteiger partial charge in [-0.25, -0.2) is 4.98 Å². The summed E-state index contributed by atoms with van der Waals surface area (Å²) in [6.07, 6.45) is 1.53. The molecule has 0 aliphatic carbocycles. The van der Waals surface area contributed by atoms with Gasteiger partial charge < -0.3 is 10.2 Å². The van der Waals surface area contributed by atoms with E-state index in [4.69, 9.17) is 0 Å². The number of rotatable bonds is 4. The van der Waals surface area contributed by atoms with Crippen LogP contribution in [0.3, 0.4) is 0 Å². The molecule has 1 aromatic heterocycles. The van der Waals surface area contributed by atoms with Crippen molar-refractivity contribution in [2.24, 2.45) is 0 Å². The van der Waals surface area contributed by atoms with E-state index in [0.29, 0.717) is 5.69 Å². The van der Waals surface area contributed by atoms with Gasteiger partial charge in [-0.1, -0.05) is 6.07 Å². The second-order valence-corrected chi connectivity index (χ2v) is 4.56. The SMILES string of the molecule is CN(C)c1ccc(NC(=O)c2cccc([N+](=O)[O-])c2)cn1. The number of hydrogen-bond acceptors (Lipinski definition) is 5. The fourth-order valence-electron chi connectivity index (χ4n) is 1.69. The van der Waals surface area contributed by atoms with Gasteiger partial charge in [0.05, 0.1) is 16.8 Å². The minimum Gasteiger partial charge on any atom is -0.363 e. The van der Waals surface area contributed by atoms with Crippen molar-refractivity contribution in [2.45, 2.75) is 0 Å². The number of non-ortho nitro benzene ring substituents is 1. The molecule has 2 aromatic rings. The predicted octanol–water partition coefficient (Wildman–Crippen LogP) is 2.31. The Kier molecular flexibility index (Phi) is 4.13. The number of nitro groups is 1. The second kappa shape index (κ2) is 6.00. The van der Waals surface area contributed by atoms with Crippen LogP contribution in [0.15, 0.2) is 42.6 Å². The summed E-state index contributed by atoms with van der Waals surface area (Å²) in [4.78, 5) is 28.2. The minimum atomic E-state index is -0.537. The van der Waals surface area contributed by atoms with Gasteiger partial charge >= 0.3 is 0 Å². The Morgan fingerprint density at radius 3 is 2.62 bits per heavy atom. The lowest BCUT2D eigenvalue weighted by Crippen LogP contribution is -2.13. The normalized spacial score (nSPS) is 10.0. The predicted molar refractivity (Wildman–Crippen MR) is 79.6 cm³/mol. The van der Waals surface area contributed by atoms with Crippen molar-refractivity contribution in [3.05, 3.63) is 58.3 Å². The molecule has 1 heterocycles. The van der Waals surface area contributed by atoms with Gasteiger partial charge in [0, 0.05) is 31.8 Å². The monoisotopic (exact) mass is 286 g/mol. The number of hydrogen-bond donors (Lipinski definition) is 1. The van der Waals surface area contributed by atoms with E-state index >= 15 is 0 Å². The molecule has 2 rings (SSSR count). The van der Waals surface area contributed by atoms with Crippen LogP contribution in [0, 0.1) is 10.1 Å². The summed E-state index contributed by atoms with van der Waals surface area (Å²) in [7, 11) is 3.73. The van der Waals surface area contributed by atoms with Crippen LogP contribution in [0.5, 0.6) is 0 Å². The maximum atomic E-state index is 12.0. The number of pyridine rings is 1. The van der Waals surface area contributed by atoms with Crippen LogP contribution in [0.25, 0.3) is 0 Å². The first kappa shape index (κ1) is 14.4. The molecule has 7 heteroatoms. The zero-order valence-electron chi connectivity index (χ0n) is 11.6.